The molecule has 1 atom stereocenters. The highest BCUT2D eigenvalue weighted by Gasteiger charge is 2.27. The van der Waals surface area contributed by atoms with Gasteiger partial charge in [-0.25, -0.2) is 0 Å². The lowest BCUT2D eigenvalue weighted by Gasteiger charge is -2.32. The SMILES string of the molecule is Cc1ccc2c(c1)C(O)CCN2C(=O)Cc1cccs1. The van der Waals surface area contributed by atoms with Gasteiger partial charge in [0.05, 0.1) is 12.5 Å². The molecule has 0 fully saturated rings. The van der Waals surface area contributed by atoms with E-state index in [-0.39, 0.29) is 5.91 Å². The Kier molecular flexibility index (Phi) is 3.59. The first kappa shape index (κ1) is 13.3. The van der Waals surface area contributed by atoms with Crippen LogP contribution in [-0.2, 0) is 11.2 Å². The molecule has 0 aliphatic carbocycles. The smallest absolute Gasteiger partial charge is 0.232 e. The fourth-order valence-corrected chi connectivity index (χ4v) is 3.33. The summed E-state index contributed by atoms with van der Waals surface area (Å²) in [6.45, 7) is 2.58. The van der Waals surface area contributed by atoms with E-state index in [2.05, 4.69) is 0 Å². The number of anilines is 1. The van der Waals surface area contributed by atoms with E-state index in [4.69, 9.17) is 0 Å². The molecule has 1 amide bonds. The van der Waals surface area contributed by atoms with Crippen LogP contribution in [0.5, 0.6) is 0 Å². The van der Waals surface area contributed by atoms with Crippen molar-refractivity contribution < 1.29 is 9.90 Å². The molecule has 1 aromatic heterocycles. The third kappa shape index (κ3) is 2.49. The van der Waals surface area contributed by atoms with Crippen LogP contribution in [-0.4, -0.2) is 17.6 Å². The monoisotopic (exact) mass is 287 g/mol. The Hall–Kier alpha value is -1.65. The molecule has 0 bridgehead atoms. The molecule has 1 aliphatic heterocycles. The number of aliphatic hydroxyl groups is 1. The second kappa shape index (κ2) is 5.38. The average molecular weight is 287 g/mol. The van der Waals surface area contributed by atoms with Crippen LogP contribution in [0.2, 0.25) is 0 Å². The zero-order valence-electron chi connectivity index (χ0n) is 11.4. The molecule has 1 aromatic carbocycles. The molecule has 4 heteroatoms. The lowest BCUT2D eigenvalue weighted by Crippen LogP contribution is -2.37. The molecule has 2 aromatic rings. The first-order chi connectivity index (χ1) is 9.65. The molecular weight excluding hydrogens is 270 g/mol. The molecule has 2 heterocycles. The van der Waals surface area contributed by atoms with Crippen molar-refractivity contribution in [1.82, 2.24) is 0 Å². The standard InChI is InChI=1S/C16H17NO2S/c1-11-4-5-14-13(9-11)15(18)6-7-17(14)16(19)10-12-3-2-8-20-12/h2-5,8-9,15,18H,6-7,10H2,1H3. The van der Waals surface area contributed by atoms with Gasteiger partial charge in [-0.1, -0.05) is 23.8 Å². The molecule has 104 valence electrons. The van der Waals surface area contributed by atoms with E-state index in [1.807, 2.05) is 42.6 Å². The Morgan fingerprint density at radius 2 is 2.30 bits per heavy atom. The first-order valence-corrected chi connectivity index (χ1v) is 7.64. The van der Waals surface area contributed by atoms with Crippen LogP contribution < -0.4 is 4.90 Å². The number of fused-ring (bicyclic) bond motifs is 1. The highest BCUT2D eigenvalue weighted by Crippen LogP contribution is 2.34. The molecule has 0 radical (unpaired) electrons. The number of hydrogen-bond acceptors (Lipinski definition) is 3. The lowest BCUT2D eigenvalue weighted by atomic mass is 9.96. The maximum atomic E-state index is 12.5. The van der Waals surface area contributed by atoms with E-state index in [0.717, 1.165) is 21.7 Å². The van der Waals surface area contributed by atoms with Gasteiger partial charge < -0.3 is 10.0 Å². The van der Waals surface area contributed by atoms with Crippen molar-refractivity contribution in [2.24, 2.45) is 0 Å². The van der Waals surface area contributed by atoms with E-state index in [0.29, 0.717) is 19.4 Å². The summed E-state index contributed by atoms with van der Waals surface area (Å²) < 4.78 is 0. The van der Waals surface area contributed by atoms with Gasteiger partial charge in [0.2, 0.25) is 5.91 Å². The van der Waals surface area contributed by atoms with Crippen LogP contribution in [0.25, 0.3) is 0 Å². The molecule has 3 rings (SSSR count). The summed E-state index contributed by atoms with van der Waals surface area (Å²) in [6, 6.07) is 9.86. The fraction of sp³-hybridized carbons (Fsp3) is 0.312. The summed E-state index contributed by atoms with van der Waals surface area (Å²) in [7, 11) is 0. The van der Waals surface area contributed by atoms with Crippen LogP contribution >= 0.6 is 11.3 Å². The predicted molar refractivity (Wildman–Crippen MR) is 81.1 cm³/mol. The van der Waals surface area contributed by atoms with Crippen LogP contribution in [0.3, 0.4) is 0 Å². The maximum Gasteiger partial charge on any atom is 0.232 e. The average Bonchev–Trinajstić information content (AvgIpc) is 2.92. The van der Waals surface area contributed by atoms with Gasteiger partial charge in [0.15, 0.2) is 0 Å². The normalized spacial score (nSPS) is 17.9. The fourth-order valence-electron chi connectivity index (χ4n) is 2.63. The highest BCUT2D eigenvalue weighted by atomic mass is 32.1. The minimum atomic E-state index is -0.462. The Bertz CT molecular complexity index is 621. The van der Waals surface area contributed by atoms with E-state index in [1.54, 1.807) is 16.2 Å². The van der Waals surface area contributed by atoms with Gasteiger partial charge in [-0.2, -0.15) is 0 Å². The van der Waals surface area contributed by atoms with E-state index < -0.39 is 6.10 Å². The van der Waals surface area contributed by atoms with Crippen LogP contribution in [0.1, 0.15) is 28.5 Å². The van der Waals surface area contributed by atoms with Crippen molar-refractivity contribution in [3.63, 3.8) is 0 Å². The number of nitrogens with zero attached hydrogens (tertiary/aromatic N) is 1. The van der Waals surface area contributed by atoms with Crippen LogP contribution in [0.15, 0.2) is 35.7 Å². The van der Waals surface area contributed by atoms with Crippen LogP contribution in [0.4, 0.5) is 5.69 Å². The number of amides is 1. The Morgan fingerprint density at radius 1 is 1.45 bits per heavy atom. The van der Waals surface area contributed by atoms with E-state index >= 15 is 0 Å². The molecule has 0 spiro atoms. The Labute approximate surface area is 122 Å². The minimum Gasteiger partial charge on any atom is -0.388 e. The number of aryl methyl sites for hydroxylation is 1. The number of thiophene rings is 1. The van der Waals surface area contributed by atoms with Gasteiger partial charge in [-0.15, -0.1) is 11.3 Å². The van der Waals surface area contributed by atoms with Gasteiger partial charge in [0.25, 0.3) is 0 Å². The summed E-state index contributed by atoms with van der Waals surface area (Å²) >= 11 is 1.60. The third-order valence-electron chi connectivity index (χ3n) is 3.67. The van der Waals surface area contributed by atoms with Crippen molar-refractivity contribution >= 4 is 22.9 Å². The highest BCUT2D eigenvalue weighted by molar-refractivity contribution is 7.10. The zero-order valence-corrected chi connectivity index (χ0v) is 12.2. The summed E-state index contributed by atoms with van der Waals surface area (Å²) in [5.41, 5.74) is 2.84. The number of rotatable bonds is 2. The van der Waals surface area contributed by atoms with Gasteiger partial charge in [-0.05, 0) is 30.9 Å². The minimum absolute atomic E-state index is 0.101. The number of benzene rings is 1. The number of aliphatic hydroxyl groups excluding tert-OH is 1. The predicted octanol–water partition coefficient (Wildman–Crippen LogP) is 3.07. The molecule has 0 saturated carbocycles. The molecular formula is C16H17NO2S. The van der Waals surface area contributed by atoms with Gasteiger partial charge in [-0.3, -0.25) is 4.79 Å². The van der Waals surface area contributed by atoms with Crippen molar-refractivity contribution in [1.29, 1.82) is 0 Å². The Morgan fingerprint density at radius 3 is 3.05 bits per heavy atom. The van der Waals surface area contributed by atoms with Crippen molar-refractivity contribution in [2.45, 2.75) is 25.9 Å². The second-order valence-corrected chi connectivity index (χ2v) is 6.20. The van der Waals surface area contributed by atoms with Crippen molar-refractivity contribution in [3.8, 4) is 0 Å². The lowest BCUT2D eigenvalue weighted by molar-refractivity contribution is -0.118. The summed E-state index contributed by atoms with van der Waals surface area (Å²) in [5, 5.41) is 12.1. The second-order valence-electron chi connectivity index (χ2n) is 5.17. The third-order valence-corrected chi connectivity index (χ3v) is 4.54. The number of carbonyl (C=O) groups is 1. The largest absolute Gasteiger partial charge is 0.388 e. The van der Waals surface area contributed by atoms with Gasteiger partial charge >= 0.3 is 0 Å². The summed E-state index contributed by atoms with van der Waals surface area (Å²) in [6.07, 6.45) is 0.573. The molecule has 0 saturated heterocycles. The summed E-state index contributed by atoms with van der Waals surface area (Å²) in [5.74, 6) is 0.101. The Balaban J connectivity index is 1.88. The number of carbonyl (C=O) groups excluding carboxylic acids is 1. The topological polar surface area (TPSA) is 40.5 Å². The van der Waals surface area contributed by atoms with Crippen molar-refractivity contribution in [3.05, 3.63) is 51.7 Å². The quantitative estimate of drug-likeness (QED) is 0.922. The molecule has 3 nitrogen and oxygen atoms in total. The van der Waals surface area contributed by atoms with Crippen molar-refractivity contribution in [2.75, 3.05) is 11.4 Å². The van der Waals surface area contributed by atoms with E-state index in [9.17, 15) is 9.90 Å². The molecule has 1 unspecified atom stereocenters. The molecule has 20 heavy (non-hydrogen) atoms. The van der Waals surface area contributed by atoms with Crippen LogP contribution in [0, 0.1) is 6.92 Å². The first-order valence-electron chi connectivity index (χ1n) is 6.76. The molecule has 1 N–H and O–H groups in total. The number of hydrogen-bond donors (Lipinski definition) is 1. The molecule has 1 aliphatic rings. The maximum absolute atomic E-state index is 12.5. The van der Waals surface area contributed by atoms with Gasteiger partial charge in [0.1, 0.15) is 0 Å². The summed E-state index contributed by atoms with van der Waals surface area (Å²) in [4.78, 5) is 15.4. The van der Waals surface area contributed by atoms with Gasteiger partial charge in [0, 0.05) is 22.7 Å². The van der Waals surface area contributed by atoms with E-state index in [1.165, 1.54) is 0 Å². The zero-order chi connectivity index (χ0) is 14.1.